The Morgan fingerprint density at radius 3 is 2.80 bits per heavy atom. The van der Waals surface area contributed by atoms with Crippen LogP contribution in [0.1, 0.15) is 42.7 Å². The third kappa shape index (κ3) is 3.33. The van der Waals surface area contributed by atoms with Gasteiger partial charge in [0.05, 0.1) is 28.0 Å². The number of rotatable bonds is 5. The highest BCUT2D eigenvalue weighted by Gasteiger charge is 2.16. The molecule has 0 aliphatic rings. The number of nitrogens with one attached hydrogen (secondary N) is 1. The maximum Gasteiger partial charge on any atom is 0.257 e. The van der Waals surface area contributed by atoms with E-state index in [-0.39, 0.29) is 11.8 Å². The minimum absolute atomic E-state index is 0.195. The van der Waals surface area contributed by atoms with E-state index in [4.69, 9.17) is 4.52 Å². The number of amides is 1. The fourth-order valence-corrected chi connectivity index (χ4v) is 2.67. The summed E-state index contributed by atoms with van der Waals surface area (Å²) in [5, 5.41) is 7.81. The Morgan fingerprint density at radius 2 is 2.08 bits per heavy atom. The van der Waals surface area contributed by atoms with Gasteiger partial charge in [0.1, 0.15) is 0 Å². The van der Waals surface area contributed by atoms with E-state index >= 15 is 0 Å². The molecule has 0 fully saturated rings. The van der Waals surface area contributed by atoms with Crippen molar-refractivity contribution in [3.05, 3.63) is 47.8 Å². The molecule has 1 amide bonds. The number of hydrogen-bond donors (Lipinski definition) is 1. The Labute approximate surface area is 146 Å². The fourth-order valence-electron chi connectivity index (χ4n) is 2.67. The summed E-state index contributed by atoms with van der Waals surface area (Å²) >= 11 is 0. The van der Waals surface area contributed by atoms with Crippen molar-refractivity contribution in [2.75, 3.05) is 23.8 Å². The zero-order chi connectivity index (χ0) is 18.0. The zero-order valence-electron chi connectivity index (χ0n) is 14.9. The highest BCUT2D eigenvalue weighted by molar-refractivity contribution is 6.07. The number of nitrogens with zero attached hydrogens (tertiary/aromatic N) is 3. The minimum atomic E-state index is -0.206. The van der Waals surface area contributed by atoms with Gasteiger partial charge in [-0.1, -0.05) is 31.1 Å². The van der Waals surface area contributed by atoms with Crippen LogP contribution in [-0.2, 0) is 0 Å². The van der Waals surface area contributed by atoms with Gasteiger partial charge in [0, 0.05) is 19.8 Å². The van der Waals surface area contributed by atoms with Crippen molar-refractivity contribution >= 4 is 28.4 Å². The van der Waals surface area contributed by atoms with Gasteiger partial charge in [0.15, 0.2) is 0 Å². The Balaban J connectivity index is 1.92. The maximum atomic E-state index is 12.7. The van der Waals surface area contributed by atoms with Crippen LogP contribution in [0.3, 0.4) is 0 Å². The van der Waals surface area contributed by atoms with E-state index in [1.54, 1.807) is 6.07 Å². The molecule has 0 spiro atoms. The lowest BCUT2D eigenvalue weighted by molar-refractivity contribution is 0.102. The van der Waals surface area contributed by atoms with Crippen molar-refractivity contribution in [3.8, 4) is 0 Å². The Bertz CT molecular complexity index is 901. The van der Waals surface area contributed by atoms with Gasteiger partial charge < -0.3 is 14.7 Å². The van der Waals surface area contributed by atoms with Gasteiger partial charge in [0.2, 0.25) is 0 Å². The first-order valence-electron chi connectivity index (χ1n) is 8.38. The van der Waals surface area contributed by atoms with Gasteiger partial charge >= 0.3 is 0 Å². The van der Waals surface area contributed by atoms with Gasteiger partial charge in [0.25, 0.3) is 11.6 Å². The number of benzene rings is 1. The fraction of sp³-hybridized carbons (Fsp3) is 0.316. The van der Waals surface area contributed by atoms with Crippen LogP contribution in [0.5, 0.6) is 0 Å². The highest BCUT2D eigenvalue weighted by atomic mass is 16.5. The lowest BCUT2D eigenvalue weighted by Crippen LogP contribution is -2.20. The van der Waals surface area contributed by atoms with Crippen molar-refractivity contribution in [1.29, 1.82) is 0 Å². The van der Waals surface area contributed by atoms with Gasteiger partial charge in [-0.25, -0.2) is 4.98 Å². The van der Waals surface area contributed by atoms with Crippen molar-refractivity contribution in [1.82, 2.24) is 10.1 Å². The van der Waals surface area contributed by atoms with Crippen LogP contribution in [-0.4, -0.2) is 29.6 Å². The number of anilines is 2. The smallest absolute Gasteiger partial charge is 0.257 e. The number of carbonyl (C=O) groups is 1. The largest absolute Gasteiger partial charge is 0.373 e. The first kappa shape index (κ1) is 17.0. The number of carbonyl (C=O) groups excluding carboxylic acids is 1. The Morgan fingerprint density at radius 1 is 1.32 bits per heavy atom. The van der Waals surface area contributed by atoms with Crippen LogP contribution in [0.15, 0.2) is 41.1 Å². The number of hydrogen-bond acceptors (Lipinski definition) is 5. The second-order valence-electron chi connectivity index (χ2n) is 6.28. The molecule has 3 rings (SSSR count). The topological polar surface area (TPSA) is 71.3 Å². The predicted octanol–water partition coefficient (Wildman–Crippen LogP) is 4.05. The third-order valence-electron chi connectivity index (χ3n) is 4.20. The first-order valence-corrected chi connectivity index (χ1v) is 8.38. The molecular formula is C19H22N4O2. The molecule has 1 N–H and O–H groups in total. The molecule has 0 bridgehead atoms. The molecular weight excluding hydrogens is 316 g/mol. The summed E-state index contributed by atoms with van der Waals surface area (Å²) in [5.74, 6) is -0.0115. The van der Waals surface area contributed by atoms with E-state index in [0.717, 1.165) is 29.0 Å². The van der Waals surface area contributed by atoms with E-state index in [9.17, 15) is 4.79 Å². The number of para-hydroxylation sites is 2. The van der Waals surface area contributed by atoms with Crippen LogP contribution < -0.4 is 10.2 Å². The molecule has 25 heavy (non-hydrogen) atoms. The van der Waals surface area contributed by atoms with E-state index in [0.29, 0.717) is 11.3 Å². The molecule has 3 aromatic rings. The maximum absolute atomic E-state index is 12.7. The number of aromatic nitrogens is 2. The van der Waals surface area contributed by atoms with Gasteiger partial charge in [-0.05, 0) is 31.0 Å². The van der Waals surface area contributed by atoms with Crippen LogP contribution >= 0.6 is 0 Å². The molecule has 1 aromatic carbocycles. The van der Waals surface area contributed by atoms with E-state index in [2.05, 4.69) is 27.3 Å². The Kier molecular flexibility index (Phi) is 4.70. The SMILES string of the molecule is CCN(C)c1ccccc1NC(=O)c1cnc2onc(C(C)C)c2c1. The van der Waals surface area contributed by atoms with Gasteiger partial charge in [-0.15, -0.1) is 0 Å². The minimum Gasteiger partial charge on any atom is -0.373 e. The van der Waals surface area contributed by atoms with Crippen molar-refractivity contribution in [2.45, 2.75) is 26.7 Å². The molecule has 0 saturated carbocycles. The van der Waals surface area contributed by atoms with Gasteiger partial charge in [-0.3, -0.25) is 4.79 Å². The second kappa shape index (κ2) is 6.93. The second-order valence-corrected chi connectivity index (χ2v) is 6.28. The van der Waals surface area contributed by atoms with Crippen molar-refractivity contribution < 1.29 is 9.32 Å². The summed E-state index contributed by atoms with van der Waals surface area (Å²) in [7, 11) is 1.99. The molecule has 130 valence electrons. The molecule has 0 aliphatic heterocycles. The molecule has 0 saturated heterocycles. The Hall–Kier alpha value is -2.89. The highest BCUT2D eigenvalue weighted by Crippen LogP contribution is 2.27. The normalized spacial score (nSPS) is 11.1. The predicted molar refractivity (Wildman–Crippen MR) is 99.2 cm³/mol. The molecule has 0 radical (unpaired) electrons. The van der Waals surface area contributed by atoms with Crippen LogP contribution in [0, 0.1) is 0 Å². The average Bonchev–Trinajstić information content (AvgIpc) is 3.04. The lowest BCUT2D eigenvalue weighted by atomic mass is 10.1. The molecule has 6 nitrogen and oxygen atoms in total. The summed E-state index contributed by atoms with van der Waals surface area (Å²) in [6, 6.07) is 9.52. The monoisotopic (exact) mass is 338 g/mol. The number of fused-ring (bicyclic) bond motifs is 1. The standard InChI is InChI=1S/C19H22N4O2/c1-5-23(4)16-9-7-6-8-15(16)21-18(24)13-10-14-17(12(2)3)22-25-19(14)20-11-13/h6-12H,5H2,1-4H3,(H,21,24). The quantitative estimate of drug-likeness (QED) is 0.760. The first-order chi connectivity index (χ1) is 12.0. The van der Waals surface area contributed by atoms with Crippen LogP contribution in [0.25, 0.3) is 11.1 Å². The van der Waals surface area contributed by atoms with E-state index in [1.165, 1.54) is 6.20 Å². The summed E-state index contributed by atoms with van der Waals surface area (Å²) in [6.45, 7) is 6.97. The summed E-state index contributed by atoms with van der Waals surface area (Å²) < 4.78 is 5.23. The number of pyridine rings is 1. The molecule has 0 unspecified atom stereocenters. The van der Waals surface area contributed by atoms with Crippen LogP contribution in [0.2, 0.25) is 0 Å². The third-order valence-corrected chi connectivity index (χ3v) is 4.20. The molecule has 0 atom stereocenters. The van der Waals surface area contributed by atoms with Crippen LogP contribution in [0.4, 0.5) is 11.4 Å². The molecule has 2 heterocycles. The summed E-state index contributed by atoms with van der Waals surface area (Å²) in [6.07, 6.45) is 1.51. The van der Waals surface area contributed by atoms with E-state index in [1.807, 2.05) is 45.2 Å². The molecule has 2 aromatic heterocycles. The summed E-state index contributed by atoms with van der Waals surface area (Å²) in [5.41, 5.74) is 3.48. The summed E-state index contributed by atoms with van der Waals surface area (Å²) in [4.78, 5) is 19.0. The molecule has 0 aliphatic carbocycles. The molecule has 6 heteroatoms. The van der Waals surface area contributed by atoms with Crippen molar-refractivity contribution in [3.63, 3.8) is 0 Å². The average molecular weight is 338 g/mol. The van der Waals surface area contributed by atoms with E-state index < -0.39 is 0 Å². The zero-order valence-corrected chi connectivity index (χ0v) is 14.9. The lowest BCUT2D eigenvalue weighted by Gasteiger charge is -2.20. The van der Waals surface area contributed by atoms with Gasteiger partial charge in [-0.2, -0.15) is 0 Å². The van der Waals surface area contributed by atoms with Crippen molar-refractivity contribution in [2.24, 2.45) is 0 Å².